The lowest BCUT2D eigenvalue weighted by Crippen LogP contribution is -2.28. The molecule has 1 aliphatic rings. The number of amides is 3. The monoisotopic (exact) mass is 435 g/mol. The quantitative estimate of drug-likeness (QED) is 0.579. The Kier molecular flexibility index (Phi) is 5.81. The summed E-state index contributed by atoms with van der Waals surface area (Å²) in [6.07, 6.45) is 0.393. The first kappa shape index (κ1) is 20.7. The average Bonchev–Trinajstić information content (AvgIpc) is 3.30. The molecule has 2 aromatic carbocycles. The number of carbonyl (C=O) groups is 3. The van der Waals surface area contributed by atoms with E-state index in [9.17, 15) is 14.4 Å². The second-order valence-corrected chi connectivity index (χ2v) is 8.21. The molecule has 2 heterocycles. The highest BCUT2D eigenvalue weighted by Gasteiger charge is 2.30. The SMILES string of the molecule is CCOc1ccc(-c2nc(NC(=O)c3cccc(N4C(=O)CCC4=O)c3)sc2C)cc1. The van der Waals surface area contributed by atoms with Gasteiger partial charge in [0.05, 0.1) is 18.0 Å². The van der Waals surface area contributed by atoms with Gasteiger partial charge in [0, 0.05) is 28.8 Å². The molecular weight excluding hydrogens is 414 g/mol. The van der Waals surface area contributed by atoms with E-state index in [0.717, 1.165) is 26.8 Å². The molecule has 1 aromatic heterocycles. The van der Waals surface area contributed by atoms with Crippen molar-refractivity contribution in [3.05, 3.63) is 59.0 Å². The van der Waals surface area contributed by atoms with Crippen molar-refractivity contribution >= 4 is 39.9 Å². The van der Waals surface area contributed by atoms with Gasteiger partial charge in [-0.05, 0) is 56.3 Å². The average molecular weight is 436 g/mol. The summed E-state index contributed by atoms with van der Waals surface area (Å²) >= 11 is 1.38. The molecule has 31 heavy (non-hydrogen) atoms. The van der Waals surface area contributed by atoms with Gasteiger partial charge in [-0.15, -0.1) is 11.3 Å². The van der Waals surface area contributed by atoms with Crippen molar-refractivity contribution in [3.63, 3.8) is 0 Å². The normalized spacial score (nSPS) is 13.5. The molecule has 3 aromatic rings. The van der Waals surface area contributed by atoms with Crippen molar-refractivity contribution in [3.8, 4) is 17.0 Å². The van der Waals surface area contributed by atoms with Gasteiger partial charge in [-0.3, -0.25) is 24.6 Å². The van der Waals surface area contributed by atoms with Gasteiger partial charge in [-0.25, -0.2) is 4.98 Å². The van der Waals surface area contributed by atoms with Gasteiger partial charge in [-0.1, -0.05) is 6.07 Å². The third kappa shape index (κ3) is 4.34. The van der Waals surface area contributed by atoms with Gasteiger partial charge >= 0.3 is 0 Å². The van der Waals surface area contributed by atoms with Gasteiger partial charge in [-0.2, -0.15) is 0 Å². The van der Waals surface area contributed by atoms with E-state index < -0.39 is 0 Å². The summed E-state index contributed by atoms with van der Waals surface area (Å²) in [6, 6.07) is 14.1. The van der Waals surface area contributed by atoms with Gasteiger partial charge in [0.15, 0.2) is 5.13 Å². The van der Waals surface area contributed by atoms with E-state index >= 15 is 0 Å². The van der Waals surface area contributed by atoms with Crippen LogP contribution in [-0.4, -0.2) is 29.3 Å². The van der Waals surface area contributed by atoms with E-state index in [0.29, 0.717) is 23.0 Å². The number of rotatable bonds is 6. The number of hydrogen-bond donors (Lipinski definition) is 1. The molecule has 0 spiro atoms. The lowest BCUT2D eigenvalue weighted by atomic mass is 10.1. The summed E-state index contributed by atoms with van der Waals surface area (Å²) in [5.41, 5.74) is 2.49. The van der Waals surface area contributed by atoms with E-state index in [-0.39, 0.29) is 30.6 Å². The molecule has 1 saturated heterocycles. The number of ether oxygens (including phenoxy) is 1. The fraction of sp³-hybridized carbons (Fsp3) is 0.217. The number of aromatic nitrogens is 1. The Hall–Kier alpha value is -3.52. The third-order valence-corrected chi connectivity index (χ3v) is 5.76. The van der Waals surface area contributed by atoms with Crippen LogP contribution in [-0.2, 0) is 9.59 Å². The Balaban J connectivity index is 1.52. The van der Waals surface area contributed by atoms with Crippen LogP contribution in [0.5, 0.6) is 5.75 Å². The molecular formula is C23H21N3O4S. The number of aryl methyl sites for hydroxylation is 1. The number of hydrogen-bond acceptors (Lipinski definition) is 6. The Morgan fingerprint density at radius 2 is 1.84 bits per heavy atom. The molecule has 4 rings (SSSR count). The van der Waals surface area contributed by atoms with Crippen LogP contribution in [0.3, 0.4) is 0 Å². The van der Waals surface area contributed by atoms with Crippen molar-refractivity contribution in [1.29, 1.82) is 0 Å². The van der Waals surface area contributed by atoms with Crippen LogP contribution in [0.2, 0.25) is 0 Å². The number of anilines is 2. The first-order valence-corrected chi connectivity index (χ1v) is 10.8. The molecule has 0 atom stereocenters. The van der Waals surface area contributed by atoms with Crippen LogP contribution >= 0.6 is 11.3 Å². The molecule has 0 radical (unpaired) electrons. The van der Waals surface area contributed by atoms with Gasteiger partial charge in [0.1, 0.15) is 5.75 Å². The minimum atomic E-state index is -0.354. The molecule has 0 aliphatic carbocycles. The molecule has 8 heteroatoms. The van der Waals surface area contributed by atoms with E-state index in [4.69, 9.17) is 4.74 Å². The number of nitrogens with one attached hydrogen (secondary N) is 1. The molecule has 0 bridgehead atoms. The number of imide groups is 1. The van der Waals surface area contributed by atoms with Crippen molar-refractivity contribution in [1.82, 2.24) is 4.98 Å². The minimum absolute atomic E-state index is 0.196. The topological polar surface area (TPSA) is 88.6 Å². The Morgan fingerprint density at radius 1 is 1.13 bits per heavy atom. The van der Waals surface area contributed by atoms with Gasteiger partial charge in [0.25, 0.3) is 5.91 Å². The second kappa shape index (κ2) is 8.69. The summed E-state index contributed by atoms with van der Waals surface area (Å²) < 4.78 is 5.47. The summed E-state index contributed by atoms with van der Waals surface area (Å²) in [6.45, 7) is 4.49. The van der Waals surface area contributed by atoms with Gasteiger partial charge in [0.2, 0.25) is 11.8 Å². The number of nitrogens with zero attached hydrogens (tertiary/aromatic N) is 2. The van der Waals surface area contributed by atoms with E-state index in [1.54, 1.807) is 24.3 Å². The molecule has 0 saturated carbocycles. The maximum absolute atomic E-state index is 12.8. The van der Waals surface area contributed by atoms with Crippen molar-refractivity contribution in [2.45, 2.75) is 26.7 Å². The summed E-state index contributed by atoms with van der Waals surface area (Å²) in [5.74, 6) is -0.0633. The van der Waals surface area contributed by atoms with Crippen molar-refractivity contribution in [2.75, 3.05) is 16.8 Å². The van der Waals surface area contributed by atoms with Crippen LogP contribution < -0.4 is 15.0 Å². The highest BCUT2D eigenvalue weighted by atomic mass is 32.1. The lowest BCUT2D eigenvalue weighted by molar-refractivity contribution is -0.121. The minimum Gasteiger partial charge on any atom is -0.494 e. The third-order valence-electron chi connectivity index (χ3n) is 4.87. The molecule has 3 amide bonds. The first-order valence-electron chi connectivity index (χ1n) is 9.94. The van der Waals surface area contributed by atoms with E-state index in [1.165, 1.54) is 11.3 Å². The second-order valence-electron chi connectivity index (χ2n) is 7.01. The van der Waals surface area contributed by atoms with Crippen LogP contribution in [0, 0.1) is 6.92 Å². The number of carbonyl (C=O) groups excluding carboxylic acids is 3. The molecule has 7 nitrogen and oxygen atoms in total. The molecule has 158 valence electrons. The summed E-state index contributed by atoms with van der Waals surface area (Å²) in [4.78, 5) is 43.4. The van der Waals surface area contributed by atoms with Crippen LogP contribution in [0.4, 0.5) is 10.8 Å². The fourth-order valence-corrected chi connectivity index (χ4v) is 4.24. The highest BCUT2D eigenvalue weighted by molar-refractivity contribution is 7.16. The zero-order chi connectivity index (χ0) is 22.0. The van der Waals surface area contributed by atoms with Gasteiger partial charge < -0.3 is 4.74 Å². The Morgan fingerprint density at radius 3 is 2.52 bits per heavy atom. The van der Waals surface area contributed by atoms with Crippen LogP contribution in [0.1, 0.15) is 35.0 Å². The zero-order valence-corrected chi connectivity index (χ0v) is 18.0. The maximum Gasteiger partial charge on any atom is 0.257 e. The largest absolute Gasteiger partial charge is 0.494 e. The van der Waals surface area contributed by atoms with Crippen LogP contribution in [0.15, 0.2) is 48.5 Å². The van der Waals surface area contributed by atoms with Crippen molar-refractivity contribution < 1.29 is 19.1 Å². The van der Waals surface area contributed by atoms with E-state index in [1.807, 2.05) is 38.1 Å². The fourth-order valence-electron chi connectivity index (χ4n) is 3.41. The van der Waals surface area contributed by atoms with Crippen LogP contribution in [0.25, 0.3) is 11.3 Å². The lowest BCUT2D eigenvalue weighted by Gasteiger charge is -2.14. The molecule has 1 aliphatic heterocycles. The molecule has 1 fully saturated rings. The number of thiazole rings is 1. The van der Waals surface area contributed by atoms with Crippen molar-refractivity contribution in [2.24, 2.45) is 0 Å². The zero-order valence-electron chi connectivity index (χ0n) is 17.2. The van der Waals surface area contributed by atoms with E-state index in [2.05, 4.69) is 10.3 Å². The standard InChI is InChI=1S/C23H21N3O4S/c1-3-30-18-9-7-15(8-10-18)21-14(2)31-23(24-21)25-22(29)16-5-4-6-17(13-16)26-19(27)11-12-20(26)28/h4-10,13H,3,11-12H2,1-2H3,(H,24,25,29). The Bertz CT molecular complexity index is 1140. The smallest absolute Gasteiger partial charge is 0.257 e. The highest BCUT2D eigenvalue weighted by Crippen LogP contribution is 2.32. The molecule has 1 N–H and O–H groups in total. The maximum atomic E-state index is 12.8. The first-order chi connectivity index (χ1) is 15.0. The Labute approximate surface area is 183 Å². The predicted octanol–water partition coefficient (Wildman–Crippen LogP) is 4.42. The number of benzene rings is 2. The summed E-state index contributed by atoms with van der Waals surface area (Å²) in [7, 11) is 0. The molecule has 0 unspecified atom stereocenters. The summed E-state index contributed by atoms with van der Waals surface area (Å²) in [5, 5.41) is 3.29. The predicted molar refractivity (Wildman–Crippen MR) is 120 cm³/mol.